The minimum atomic E-state index is -5.42. The lowest BCUT2D eigenvalue weighted by Crippen LogP contribution is -2.48. The fraction of sp³-hybridized carbons (Fsp3) is 0.400. The van der Waals surface area contributed by atoms with Gasteiger partial charge in [0.25, 0.3) is 0 Å². The van der Waals surface area contributed by atoms with E-state index in [4.69, 9.17) is 16.3 Å². The van der Waals surface area contributed by atoms with E-state index in [1.54, 1.807) is 0 Å². The standard InChI is InChI=1S/C10H7Cl2F5O/c1-18-7-4-2-6(3-5-7)8(11,9(12,13)14)10(15,16)17/h2-5H,1H3. The van der Waals surface area contributed by atoms with Crippen LogP contribution in [0.15, 0.2) is 24.3 Å². The molecule has 0 fully saturated rings. The second kappa shape index (κ2) is 4.74. The Morgan fingerprint density at radius 1 is 0.944 bits per heavy atom. The second-order valence-corrected chi connectivity index (χ2v) is 4.42. The molecule has 0 aromatic heterocycles. The van der Waals surface area contributed by atoms with Crippen molar-refractivity contribution < 1.29 is 26.7 Å². The van der Waals surface area contributed by atoms with Crippen LogP contribution in [-0.4, -0.2) is 18.7 Å². The van der Waals surface area contributed by atoms with Crippen LogP contribution >= 0.6 is 23.2 Å². The minimum absolute atomic E-state index is 0.206. The first-order valence-electron chi connectivity index (χ1n) is 4.51. The Hall–Kier alpha value is -0.750. The highest BCUT2D eigenvalue weighted by molar-refractivity contribution is 6.33. The lowest BCUT2D eigenvalue weighted by atomic mass is 9.97. The molecule has 1 rings (SSSR count). The van der Waals surface area contributed by atoms with Crippen molar-refractivity contribution >= 4 is 23.2 Å². The van der Waals surface area contributed by atoms with Crippen LogP contribution in [0, 0.1) is 0 Å². The van der Waals surface area contributed by atoms with Crippen molar-refractivity contribution in [1.29, 1.82) is 0 Å². The van der Waals surface area contributed by atoms with E-state index >= 15 is 0 Å². The van der Waals surface area contributed by atoms with Crippen LogP contribution in [0.2, 0.25) is 0 Å². The number of ether oxygens (including phenoxy) is 1. The SMILES string of the molecule is COc1ccc(C(Cl)(C(F)(F)F)C(F)(F)Cl)cc1. The maximum Gasteiger partial charge on any atom is 0.418 e. The predicted octanol–water partition coefficient (Wildman–Crippen LogP) is 4.52. The van der Waals surface area contributed by atoms with Crippen molar-refractivity contribution in [2.24, 2.45) is 0 Å². The van der Waals surface area contributed by atoms with E-state index in [1.807, 2.05) is 0 Å². The summed E-state index contributed by atoms with van der Waals surface area (Å²) in [5, 5.41) is -4.69. The largest absolute Gasteiger partial charge is 0.497 e. The summed E-state index contributed by atoms with van der Waals surface area (Å²) in [6.07, 6.45) is -5.42. The highest BCUT2D eigenvalue weighted by Crippen LogP contribution is 2.56. The smallest absolute Gasteiger partial charge is 0.418 e. The zero-order valence-corrected chi connectivity index (χ0v) is 10.4. The van der Waals surface area contributed by atoms with Crippen LogP contribution in [0.4, 0.5) is 22.0 Å². The Kier molecular flexibility index (Phi) is 4.03. The summed E-state index contributed by atoms with van der Waals surface area (Å²) < 4.78 is 69.0. The first kappa shape index (κ1) is 15.3. The average molecular weight is 309 g/mol. The summed E-state index contributed by atoms with van der Waals surface area (Å²) in [7, 11) is 1.28. The zero-order chi connectivity index (χ0) is 14.2. The van der Waals surface area contributed by atoms with Crippen molar-refractivity contribution in [1.82, 2.24) is 0 Å². The molecule has 0 heterocycles. The van der Waals surface area contributed by atoms with Crippen molar-refractivity contribution in [2.45, 2.75) is 16.4 Å². The van der Waals surface area contributed by atoms with Crippen molar-refractivity contribution in [3.05, 3.63) is 29.8 Å². The molecule has 1 atom stereocenters. The summed E-state index contributed by atoms with van der Waals surface area (Å²) >= 11 is 9.58. The van der Waals surface area contributed by atoms with Gasteiger partial charge in [-0.15, -0.1) is 0 Å². The lowest BCUT2D eigenvalue weighted by molar-refractivity contribution is -0.205. The predicted molar refractivity (Wildman–Crippen MR) is 57.4 cm³/mol. The summed E-state index contributed by atoms with van der Waals surface area (Å²) in [5.41, 5.74) is -0.863. The summed E-state index contributed by atoms with van der Waals surface area (Å²) in [6.45, 7) is 0. The number of halogens is 7. The van der Waals surface area contributed by atoms with Gasteiger partial charge in [-0.2, -0.15) is 22.0 Å². The first-order chi connectivity index (χ1) is 8.04. The average Bonchev–Trinajstić information content (AvgIpc) is 2.25. The number of benzene rings is 1. The molecule has 0 aliphatic rings. The minimum Gasteiger partial charge on any atom is -0.497 e. The second-order valence-electron chi connectivity index (χ2n) is 3.38. The number of methoxy groups -OCH3 is 1. The van der Waals surface area contributed by atoms with Gasteiger partial charge in [0, 0.05) is 0 Å². The summed E-state index contributed by atoms with van der Waals surface area (Å²) in [4.78, 5) is -3.99. The van der Waals surface area contributed by atoms with Crippen molar-refractivity contribution in [3.8, 4) is 5.75 Å². The van der Waals surface area contributed by atoms with E-state index in [9.17, 15) is 22.0 Å². The van der Waals surface area contributed by atoms with Gasteiger partial charge in [0.15, 0.2) is 0 Å². The van der Waals surface area contributed by atoms with Crippen LogP contribution in [0.25, 0.3) is 0 Å². The fourth-order valence-corrected chi connectivity index (χ4v) is 1.65. The molecule has 0 amide bonds. The Labute approximate surface area is 109 Å². The molecule has 0 aliphatic heterocycles. The molecule has 102 valence electrons. The van der Waals surface area contributed by atoms with Crippen LogP contribution in [0.1, 0.15) is 5.56 Å². The molecule has 18 heavy (non-hydrogen) atoms. The number of rotatable bonds is 3. The Bertz CT molecular complexity index is 396. The van der Waals surface area contributed by atoms with E-state index in [2.05, 4.69) is 11.6 Å². The van der Waals surface area contributed by atoms with E-state index in [1.165, 1.54) is 7.11 Å². The normalized spacial score (nSPS) is 16.2. The molecule has 1 aromatic carbocycles. The van der Waals surface area contributed by atoms with Gasteiger partial charge in [-0.1, -0.05) is 23.7 Å². The summed E-state index contributed by atoms with van der Waals surface area (Å²) in [5.74, 6) is 0.206. The Balaban J connectivity index is 3.36. The molecule has 1 aromatic rings. The zero-order valence-electron chi connectivity index (χ0n) is 8.86. The van der Waals surface area contributed by atoms with Gasteiger partial charge in [-0.05, 0) is 29.3 Å². The highest BCUT2D eigenvalue weighted by Gasteiger charge is 2.69. The molecule has 0 aliphatic carbocycles. The van der Waals surface area contributed by atoms with Crippen LogP contribution in [0.5, 0.6) is 5.75 Å². The van der Waals surface area contributed by atoms with Crippen LogP contribution in [0.3, 0.4) is 0 Å². The third-order valence-corrected chi connectivity index (χ3v) is 3.32. The molecule has 0 N–H and O–H groups in total. The molecule has 0 saturated heterocycles. The van der Waals surface area contributed by atoms with Crippen molar-refractivity contribution in [3.63, 3.8) is 0 Å². The maximum atomic E-state index is 13.0. The van der Waals surface area contributed by atoms with E-state index < -0.39 is 22.0 Å². The van der Waals surface area contributed by atoms with E-state index in [0.717, 1.165) is 24.3 Å². The van der Waals surface area contributed by atoms with Gasteiger partial charge >= 0.3 is 11.6 Å². The molecule has 1 unspecified atom stereocenters. The van der Waals surface area contributed by atoms with E-state index in [-0.39, 0.29) is 5.75 Å². The molecule has 0 spiro atoms. The molecule has 8 heteroatoms. The quantitative estimate of drug-likeness (QED) is 0.589. The van der Waals surface area contributed by atoms with Gasteiger partial charge in [-0.25, -0.2) is 0 Å². The molecule has 0 saturated carbocycles. The first-order valence-corrected chi connectivity index (χ1v) is 5.26. The third-order valence-electron chi connectivity index (χ3n) is 2.27. The van der Waals surface area contributed by atoms with Gasteiger partial charge in [0.05, 0.1) is 7.11 Å². The molecule has 0 bridgehead atoms. The van der Waals surface area contributed by atoms with Gasteiger partial charge < -0.3 is 4.74 Å². The Morgan fingerprint density at radius 3 is 1.67 bits per heavy atom. The van der Waals surface area contributed by atoms with Gasteiger partial charge in [0.1, 0.15) is 5.75 Å². The molecular weight excluding hydrogens is 302 g/mol. The fourth-order valence-electron chi connectivity index (χ4n) is 1.31. The number of alkyl halides is 7. The number of hydrogen-bond acceptors (Lipinski definition) is 1. The monoisotopic (exact) mass is 308 g/mol. The lowest BCUT2D eigenvalue weighted by Gasteiger charge is -2.33. The topological polar surface area (TPSA) is 9.23 Å². The highest BCUT2D eigenvalue weighted by atomic mass is 35.5. The summed E-state index contributed by atoms with van der Waals surface area (Å²) in [6, 6.07) is 3.74. The van der Waals surface area contributed by atoms with Crippen LogP contribution in [-0.2, 0) is 4.87 Å². The van der Waals surface area contributed by atoms with Crippen molar-refractivity contribution in [2.75, 3.05) is 7.11 Å². The molecular formula is C10H7Cl2F5O. The number of hydrogen-bond donors (Lipinski definition) is 0. The molecule has 0 radical (unpaired) electrons. The van der Waals surface area contributed by atoms with Crippen LogP contribution < -0.4 is 4.74 Å². The Morgan fingerprint density at radius 2 is 1.39 bits per heavy atom. The van der Waals surface area contributed by atoms with Gasteiger partial charge in [0.2, 0.25) is 4.87 Å². The van der Waals surface area contributed by atoms with E-state index in [0.29, 0.717) is 0 Å². The maximum absolute atomic E-state index is 13.0. The molecule has 1 nitrogen and oxygen atoms in total. The van der Waals surface area contributed by atoms with Gasteiger partial charge in [-0.3, -0.25) is 0 Å². The third kappa shape index (κ3) is 2.49.